The van der Waals surface area contributed by atoms with Gasteiger partial charge in [0.05, 0.1) is 5.60 Å². The fraction of sp³-hybridized carbons (Fsp3) is 0.500. The average molecular weight is 312 g/mol. The standard InChI is InChI=1S/C14H18BrNO2/c1-14(2)9-10(7-8-18-14)13(17)16-12-5-3-11(15)4-6-12/h3-6,10H,7-9H2,1-2H3,(H,16,17)/t10-/m1/s1. The first-order chi connectivity index (χ1) is 8.46. The molecule has 0 unspecified atom stereocenters. The van der Waals surface area contributed by atoms with Gasteiger partial charge in [-0.25, -0.2) is 0 Å². The Hall–Kier alpha value is -0.870. The Kier molecular flexibility index (Phi) is 4.07. The number of hydrogen-bond acceptors (Lipinski definition) is 2. The number of hydrogen-bond donors (Lipinski definition) is 1. The lowest BCUT2D eigenvalue weighted by molar-refractivity contribution is -0.130. The van der Waals surface area contributed by atoms with Crippen LogP contribution in [-0.2, 0) is 9.53 Å². The lowest BCUT2D eigenvalue weighted by Gasteiger charge is -2.34. The van der Waals surface area contributed by atoms with Gasteiger partial charge < -0.3 is 10.1 Å². The zero-order valence-corrected chi connectivity index (χ0v) is 12.3. The summed E-state index contributed by atoms with van der Waals surface area (Å²) in [5, 5.41) is 2.96. The van der Waals surface area contributed by atoms with Crippen LogP contribution >= 0.6 is 15.9 Å². The molecule has 0 bridgehead atoms. The van der Waals surface area contributed by atoms with Gasteiger partial charge in [0.2, 0.25) is 5.91 Å². The Bertz CT molecular complexity index is 428. The second-order valence-corrected chi connectivity index (χ2v) is 6.21. The number of rotatable bonds is 2. The first-order valence-electron chi connectivity index (χ1n) is 6.17. The minimum Gasteiger partial charge on any atom is -0.376 e. The topological polar surface area (TPSA) is 38.3 Å². The van der Waals surface area contributed by atoms with Gasteiger partial charge in [-0.05, 0) is 51.0 Å². The molecule has 18 heavy (non-hydrogen) atoms. The number of benzene rings is 1. The molecule has 1 N–H and O–H groups in total. The van der Waals surface area contributed by atoms with Gasteiger partial charge in [0.15, 0.2) is 0 Å². The molecule has 1 aromatic carbocycles. The summed E-state index contributed by atoms with van der Waals surface area (Å²) in [4.78, 5) is 12.2. The molecule has 1 aliphatic rings. The second kappa shape index (κ2) is 5.41. The molecular weight excluding hydrogens is 294 g/mol. The molecular formula is C14H18BrNO2. The summed E-state index contributed by atoms with van der Waals surface area (Å²) in [5.74, 6) is 0.131. The summed E-state index contributed by atoms with van der Waals surface area (Å²) < 4.78 is 6.63. The van der Waals surface area contributed by atoms with Crippen LogP contribution in [0.5, 0.6) is 0 Å². The summed E-state index contributed by atoms with van der Waals surface area (Å²) in [6, 6.07) is 7.63. The Labute approximate surface area is 116 Å². The summed E-state index contributed by atoms with van der Waals surface area (Å²) in [6.45, 7) is 4.73. The highest BCUT2D eigenvalue weighted by atomic mass is 79.9. The van der Waals surface area contributed by atoms with Crippen LogP contribution in [0.25, 0.3) is 0 Å². The highest BCUT2D eigenvalue weighted by Crippen LogP contribution is 2.29. The Morgan fingerprint density at radius 3 is 2.67 bits per heavy atom. The number of anilines is 1. The molecule has 2 rings (SSSR count). The molecule has 1 amide bonds. The minimum atomic E-state index is -0.194. The van der Waals surface area contributed by atoms with Crippen LogP contribution in [0.4, 0.5) is 5.69 Å². The Morgan fingerprint density at radius 2 is 2.06 bits per heavy atom. The van der Waals surface area contributed by atoms with E-state index in [2.05, 4.69) is 21.2 Å². The lowest BCUT2D eigenvalue weighted by Crippen LogP contribution is -2.39. The minimum absolute atomic E-state index is 0.0393. The van der Waals surface area contributed by atoms with Crippen molar-refractivity contribution in [2.45, 2.75) is 32.3 Å². The maximum Gasteiger partial charge on any atom is 0.227 e. The van der Waals surface area contributed by atoms with Gasteiger partial charge in [0, 0.05) is 22.7 Å². The third-order valence-electron chi connectivity index (χ3n) is 3.18. The first kappa shape index (κ1) is 13.6. The molecule has 0 aliphatic carbocycles. The van der Waals surface area contributed by atoms with Gasteiger partial charge in [0.25, 0.3) is 0 Å². The SMILES string of the molecule is CC1(C)C[C@H](C(=O)Nc2ccc(Br)cc2)CCO1. The molecule has 1 aliphatic heterocycles. The maximum absolute atomic E-state index is 12.2. The third-order valence-corrected chi connectivity index (χ3v) is 3.71. The van der Waals surface area contributed by atoms with Crippen molar-refractivity contribution >= 4 is 27.5 Å². The molecule has 1 heterocycles. The number of ether oxygens (including phenoxy) is 1. The quantitative estimate of drug-likeness (QED) is 0.906. The molecule has 0 radical (unpaired) electrons. The van der Waals surface area contributed by atoms with Crippen LogP contribution in [0.15, 0.2) is 28.7 Å². The summed E-state index contributed by atoms with van der Waals surface area (Å²) >= 11 is 3.37. The van der Waals surface area contributed by atoms with Gasteiger partial charge in [-0.1, -0.05) is 15.9 Å². The highest BCUT2D eigenvalue weighted by Gasteiger charge is 2.32. The molecule has 0 saturated carbocycles. The van der Waals surface area contributed by atoms with Crippen LogP contribution in [-0.4, -0.2) is 18.1 Å². The smallest absolute Gasteiger partial charge is 0.227 e. The van der Waals surface area contributed by atoms with Crippen molar-refractivity contribution in [1.29, 1.82) is 0 Å². The van der Waals surface area contributed by atoms with Gasteiger partial charge in [-0.3, -0.25) is 4.79 Å². The van der Waals surface area contributed by atoms with Crippen molar-refractivity contribution in [3.8, 4) is 0 Å². The van der Waals surface area contributed by atoms with Crippen molar-refractivity contribution in [2.75, 3.05) is 11.9 Å². The molecule has 98 valence electrons. The maximum atomic E-state index is 12.2. The van der Waals surface area contributed by atoms with E-state index in [9.17, 15) is 4.79 Å². The van der Waals surface area contributed by atoms with E-state index >= 15 is 0 Å². The van der Waals surface area contributed by atoms with Crippen LogP contribution in [0.3, 0.4) is 0 Å². The van der Waals surface area contributed by atoms with E-state index in [0.717, 1.165) is 23.0 Å². The fourth-order valence-electron chi connectivity index (χ4n) is 2.23. The van der Waals surface area contributed by atoms with E-state index in [0.29, 0.717) is 6.61 Å². The van der Waals surface area contributed by atoms with Gasteiger partial charge in [0.1, 0.15) is 0 Å². The van der Waals surface area contributed by atoms with E-state index < -0.39 is 0 Å². The zero-order chi connectivity index (χ0) is 13.2. The number of amides is 1. The molecule has 3 nitrogen and oxygen atoms in total. The average Bonchev–Trinajstić information content (AvgIpc) is 2.31. The molecule has 0 spiro atoms. The fourth-order valence-corrected chi connectivity index (χ4v) is 2.50. The van der Waals surface area contributed by atoms with E-state index in [-0.39, 0.29) is 17.4 Å². The molecule has 1 saturated heterocycles. The lowest BCUT2D eigenvalue weighted by atomic mass is 9.88. The zero-order valence-electron chi connectivity index (χ0n) is 10.7. The summed E-state index contributed by atoms with van der Waals surface area (Å²) in [5.41, 5.74) is 0.646. The predicted molar refractivity (Wildman–Crippen MR) is 75.5 cm³/mol. The van der Waals surface area contributed by atoms with Crippen LogP contribution in [0, 0.1) is 5.92 Å². The number of carbonyl (C=O) groups excluding carboxylic acids is 1. The van der Waals surface area contributed by atoms with Crippen molar-refractivity contribution in [3.05, 3.63) is 28.7 Å². The van der Waals surface area contributed by atoms with E-state index in [1.54, 1.807) is 0 Å². The van der Waals surface area contributed by atoms with Gasteiger partial charge in [-0.2, -0.15) is 0 Å². The number of nitrogens with one attached hydrogen (secondary N) is 1. The van der Waals surface area contributed by atoms with Crippen molar-refractivity contribution in [3.63, 3.8) is 0 Å². The van der Waals surface area contributed by atoms with Crippen molar-refractivity contribution in [1.82, 2.24) is 0 Å². The Morgan fingerprint density at radius 1 is 1.39 bits per heavy atom. The number of carbonyl (C=O) groups is 1. The van der Waals surface area contributed by atoms with Gasteiger partial charge in [-0.15, -0.1) is 0 Å². The molecule has 1 aromatic rings. The normalized spacial score (nSPS) is 22.5. The van der Waals surface area contributed by atoms with E-state index in [1.807, 2.05) is 38.1 Å². The van der Waals surface area contributed by atoms with E-state index in [4.69, 9.17) is 4.74 Å². The largest absolute Gasteiger partial charge is 0.376 e. The third kappa shape index (κ3) is 3.56. The second-order valence-electron chi connectivity index (χ2n) is 5.29. The van der Waals surface area contributed by atoms with Crippen molar-refractivity contribution in [2.24, 2.45) is 5.92 Å². The first-order valence-corrected chi connectivity index (χ1v) is 6.96. The van der Waals surface area contributed by atoms with Crippen LogP contribution < -0.4 is 5.32 Å². The summed E-state index contributed by atoms with van der Waals surface area (Å²) in [6.07, 6.45) is 1.57. The van der Waals surface area contributed by atoms with Crippen LogP contribution in [0.2, 0.25) is 0 Å². The van der Waals surface area contributed by atoms with E-state index in [1.165, 1.54) is 0 Å². The summed E-state index contributed by atoms with van der Waals surface area (Å²) in [7, 11) is 0. The predicted octanol–water partition coefficient (Wildman–Crippen LogP) is 3.59. The van der Waals surface area contributed by atoms with Crippen molar-refractivity contribution < 1.29 is 9.53 Å². The molecule has 0 aromatic heterocycles. The van der Waals surface area contributed by atoms with Crippen LogP contribution in [0.1, 0.15) is 26.7 Å². The highest BCUT2D eigenvalue weighted by molar-refractivity contribution is 9.10. The number of halogens is 1. The Balaban J connectivity index is 1.97. The molecule has 4 heteroatoms. The molecule has 1 atom stereocenters. The van der Waals surface area contributed by atoms with Gasteiger partial charge >= 0.3 is 0 Å². The molecule has 1 fully saturated rings. The monoisotopic (exact) mass is 311 g/mol.